The number of aromatic nitrogens is 3. The smallest absolute Gasteiger partial charge is 0.294 e. The topological polar surface area (TPSA) is 101 Å². The van der Waals surface area contributed by atoms with Crippen molar-refractivity contribution >= 4 is 61.2 Å². The Hall–Kier alpha value is -3.49. The number of fused-ring (bicyclic) bond motifs is 3. The van der Waals surface area contributed by atoms with Crippen LogP contribution in [0.25, 0.3) is 33.5 Å². The molecule has 3 heterocycles. The number of nitrogens with one attached hydrogen (secondary N) is 2. The molecule has 1 amide bonds. The summed E-state index contributed by atoms with van der Waals surface area (Å²) in [5.41, 5.74) is 2.81. The van der Waals surface area contributed by atoms with Crippen LogP contribution in [0.3, 0.4) is 0 Å². The maximum atomic E-state index is 12.6. The molecule has 0 aliphatic heterocycles. The van der Waals surface area contributed by atoms with Gasteiger partial charge in [-0.1, -0.05) is 33.6 Å². The van der Waals surface area contributed by atoms with Crippen molar-refractivity contribution in [2.45, 2.75) is 6.92 Å². The van der Waals surface area contributed by atoms with Gasteiger partial charge in [0.2, 0.25) is 5.58 Å². The lowest BCUT2D eigenvalue weighted by Crippen LogP contribution is -2.14. The number of pyridine rings is 1. The van der Waals surface area contributed by atoms with E-state index in [1.165, 1.54) is 0 Å². The molecule has 0 fully saturated rings. The molecule has 3 aromatic heterocycles. The van der Waals surface area contributed by atoms with E-state index < -0.39 is 5.56 Å². The number of aryl methyl sites for hydroxylation is 1. The van der Waals surface area contributed by atoms with Gasteiger partial charge in [0, 0.05) is 26.8 Å². The molecule has 0 radical (unpaired) electrons. The van der Waals surface area contributed by atoms with Crippen molar-refractivity contribution in [2.75, 3.05) is 5.32 Å². The van der Waals surface area contributed by atoms with Crippen LogP contribution in [0.15, 0.2) is 68.3 Å². The molecule has 2 N–H and O–H groups in total. The average molecular weight is 510 g/mol. The normalized spacial score (nSPS) is 11.2. The zero-order valence-electron chi connectivity index (χ0n) is 16.6. The maximum Gasteiger partial charge on any atom is 0.294 e. The Labute approximate surface area is 194 Å². The summed E-state index contributed by atoms with van der Waals surface area (Å²) in [7, 11) is 0. The molecule has 0 atom stereocenters. The fourth-order valence-corrected chi connectivity index (χ4v) is 4.03. The first-order valence-corrected chi connectivity index (χ1v) is 10.7. The minimum Gasteiger partial charge on any atom is -0.449 e. The number of nitrogens with zero attached hydrogens (tertiary/aromatic N) is 2. The molecule has 0 aliphatic rings. The highest BCUT2D eigenvalue weighted by molar-refractivity contribution is 9.10. The number of amides is 1. The molecule has 0 bridgehead atoms. The molecule has 32 heavy (non-hydrogen) atoms. The van der Waals surface area contributed by atoms with Crippen LogP contribution < -0.4 is 10.9 Å². The third-order valence-corrected chi connectivity index (χ3v) is 5.69. The molecular weight excluding hydrogens is 496 g/mol. The highest BCUT2D eigenvalue weighted by Crippen LogP contribution is 2.32. The number of aromatic amines is 1. The Morgan fingerprint density at radius 3 is 2.75 bits per heavy atom. The van der Waals surface area contributed by atoms with Crippen LogP contribution in [-0.2, 0) is 0 Å². The van der Waals surface area contributed by atoms with Gasteiger partial charge in [-0.2, -0.15) is 0 Å². The van der Waals surface area contributed by atoms with Gasteiger partial charge in [-0.05, 0) is 55.5 Å². The monoisotopic (exact) mass is 508 g/mol. The Balaban J connectivity index is 1.52. The van der Waals surface area contributed by atoms with Gasteiger partial charge < -0.3 is 14.7 Å². The standard InChI is InChI=1S/C23H14BrClN4O3/c1-11-3-2-4-17(26-11)22(30)27-13-6-7-14(16(25)10-13)21-28-19-15-9-12(24)5-8-18(15)32-20(19)23(31)29-21/h2-10H,1H3,(H,27,30)(H,28,29,31). The number of halogens is 2. The van der Waals surface area contributed by atoms with Crippen LogP contribution in [0.1, 0.15) is 16.2 Å². The maximum absolute atomic E-state index is 12.6. The number of H-pyrrole nitrogens is 1. The van der Waals surface area contributed by atoms with Gasteiger partial charge >= 0.3 is 0 Å². The van der Waals surface area contributed by atoms with E-state index in [9.17, 15) is 9.59 Å². The molecule has 5 aromatic rings. The van der Waals surface area contributed by atoms with Crippen molar-refractivity contribution in [3.05, 3.63) is 85.8 Å². The second-order valence-corrected chi connectivity index (χ2v) is 8.47. The summed E-state index contributed by atoms with van der Waals surface area (Å²) in [6.07, 6.45) is 0. The summed E-state index contributed by atoms with van der Waals surface area (Å²) in [4.78, 5) is 36.6. The quantitative estimate of drug-likeness (QED) is 0.324. The number of benzene rings is 2. The largest absolute Gasteiger partial charge is 0.449 e. The van der Waals surface area contributed by atoms with E-state index in [1.807, 2.05) is 25.1 Å². The molecule has 2 aromatic carbocycles. The predicted octanol–water partition coefficient (Wildman–Crippen LogP) is 5.71. The summed E-state index contributed by atoms with van der Waals surface area (Å²) in [6.45, 7) is 1.81. The number of carbonyl (C=O) groups excluding carboxylic acids is 1. The van der Waals surface area contributed by atoms with Crippen molar-refractivity contribution in [1.29, 1.82) is 0 Å². The molecule has 158 valence electrons. The summed E-state index contributed by atoms with van der Waals surface area (Å²) in [5, 5.41) is 3.81. The van der Waals surface area contributed by atoms with E-state index in [0.717, 1.165) is 10.2 Å². The third-order valence-electron chi connectivity index (χ3n) is 4.89. The van der Waals surface area contributed by atoms with Gasteiger partial charge in [0.25, 0.3) is 11.5 Å². The van der Waals surface area contributed by atoms with E-state index in [0.29, 0.717) is 44.3 Å². The molecule has 5 rings (SSSR count). The second kappa shape index (κ2) is 7.89. The van der Waals surface area contributed by atoms with Gasteiger partial charge in [-0.3, -0.25) is 9.59 Å². The van der Waals surface area contributed by atoms with Crippen molar-refractivity contribution < 1.29 is 9.21 Å². The van der Waals surface area contributed by atoms with E-state index in [2.05, 4.69) is 36.2 Å². The number of rotatable bonds is 3. The summed E-state index contributed by atoms with van der Waals surface area (Å²) < 4.78 is 6.50. The molecule has 0 aliphatic carbocycles. The van der Waals surface area contributed by atoms with Crippen molar-refractivity contribution in [3.63, 3.8) is 0 Å². The van der Waals surface area contributed by atoms with Crippen molar-refractivity contribution in [2.24, 2.45) is 0 Å². The minimum atomic E-state index is -0.406. The highest BCUT2D eigenvalue weighted by atomic mass is 79.9. The minimum absolute atomic E-state index is 0.146. The first kappa shape index (κ1) is 20.4. The first-order valence-electron chi connectivity index (χ1n) is 9.56. The molecule has 0 unspecified atom stereocenters. The second-order valence-electron chi connectivity index (χ2n) is 7.15. The van der Waals surface area contributed by atoms with Gasteiger partial charge in [0.05, 0.1) is 5.02 Å². The fraction of sp³-hybridized carbons (Fsp3) is 0.0435. The van der Waals surface area contributed by atoms with Gasteiger partial charge in [-0.25, -0.2) is 9.97 Å². The molecule has 0 saturated carbocycles. The predicted molar refractivity (Wildman–Crippen MR) is 127 cm³/mol. The SMILES string of the molecule is Cc1cccc(C(=O)Nc2ccc(-c3nc4c(oc5ccc(Br)cc54)c(=O)[nH]3)c(Cl)c2)n1. The summed E-state index contributed by atoms with van der Waals surface area (Å²) in [5.74, 6) is -0.0469. The van der Waals surface area contributed by atoms with Crippen LogP contribution in [0.2, 0.25) is 5.02 Å². The highest BCUT2D eigenvalue weighted by Gasteiger charge is 2.16. The lowest BCUT2D eigenvalue weighted by atomic mass is 10.1. The summed E-state index contributed by atoms with van der Waals surface area (Å²) in [6, 6.07) is 15.6. The Morgan fingerprint density at radius 2 is 1.97 bits per heavy atom. The zero-order chi connectivity index (χ0) is 22.4. The number of anilines is 1. The van der Waals surface area contributed by atoms with Crippen LogP contribution in [0.5, 0.6) is 0 Å². The molecule has 9 heteroatoms. The number of furan rings is 1. The van der Waals surface area contributed by atoms with Gasteiger partial charge in [-0.15, -0.1) is 0 Å². The lowest BCUT2D eigenvalue weighted by Gasteiger charge is -2.09. The van der Waals surface area contributed by atoms with Gasteiger partial charge in [0.15, 0.2) is 0 Å². The number of carbonyl (C=O) groups is 1. The molecule has 0 spiro atoms. The van der Waals surface area contributed by atoms with Crippen LogP contribution >= 0.6 is 27.5 Å². The Morgan fingerprint density at radius 1 is 1.12 bits per heavy atom. The number of hydrogen-bond acceptors (Lipinski definition) is 5. The molecule has 7 nitrogen and oxygen atoms in total. The molecule has 0 saturated heterocycles. The van der Waals surface area contributed by atoms with Crippen LogP contribution in [-0.4, -0.2) is 20.9 Å². The van der Waals surface area contributed by atoms with Crippen LogP contribution in [0.4, 0.5) is 5.69 Å². The first-order chi connectivity index (χ1) is 15.4. The molecular formula is C23H14BrClN4O3. The Kier molecular flexibility index (Phi) is 5.03. The fourth-order valence-electron chi connectivity index (χ4n) is 3.40. The van der Waals surface area contributed by atoms with Crippen molar-refractivity contribution in [3.8, 4) is 11.4 Å². The van der Waals surface area contributed by atoms with Crippen molar-refractivity contribution in [1.82, 2.24) is 15.0 Å². The Bertz CT molecular complexity index is 1590. The van der Waals surface area contributed by atoms with E-state index in [1.54, 1.807) is 36.4 Å². The summed E-state index contributed by atoms with van der Waals surface area (Å²) >= 11 is 9.91. The van der Waals surface area contributed by atoms with E-state index in [4.69, 9.17) is 16.0 Å². The zero-order valence-corrected chi connectivity index (χ0v) is 18.9. The van der Waals surface area contributed by atoms with Gasteiger partial charge in [0.1, 0.15) is 22.6 Å². The number of hydrogen-bond donors (Lipinski definition) is 2. The lowest BCUT2D eigenvalue weighted by molar-refractivity contribution is 0.102. The van der Waals surface area contributed by atoms with E-state index >= 15 is 0 Å². The average Bonchev–Trinajstić information content (AvgIpc) is 3.12. The van der Waals surface area contributed by atoms with Crippen LogP contribution in [0, 0.1) is 6.92 Å². The van der Waals surface area contributed by atoms with E-state index in [-0.39, 0.29) is 11.5 Å². The third kappa shape index (κ3) is 3.68.